The zero-order chi connectivity index (χ0) is 42.2. The number of ketones is 1. The zero-order valence-electron chi connectivity index (χ0n) is 29.7. The lowest BCUT2D eigenvalue weighted by atomic mass is 10.0. The number of alkyl halides is 3. The third-order valence-corrected chi connectivity index (χ3v) is 10.2. The number of carboxylic acids is 1. The summed E-state index contributed by atoms with van der Waals surface area (Å²) in [6.07, 6.45) is -0.219. The van der Waals surface area contributed by atoms with Gasteiger partial charge in [0.15, 0.2) is 28.7 Å². The van der Waals surface area contributed by atoms with E-state index >= 15 is 0 Å². The number of carbonyl (C=O) groups is 2. The van der Waals surface area contributed by atoms with Crippen molar-refractivity contribution >= 4 is 57.8 Å². The lowest BCUT2D eigenvalue weighted by Gasteiger charge is -2.12. The summed E-state index contributed by atoms with van der Waals surface area (Å²) in [4.78, 5) is 41.7. The second-order valence-corrected chi connectivity index (χ2v) is 17.6. The van der Waals surface area contributed by atoms with Crippen LogP contribution in [0.25, 0.3) is 0 Å². The highest BCUT2D eigenvalue weighted by Gasteiger charge is 2.34. The minimum Gasteiger partial charge on any atom is -0.487 e. The molecule has 1 fully saturated rings. The van der Waals surface area contributed by atoms with E-state index < -0.39 is 51.7 Å². The number of sulfone groups is 1. The highest BCUT2D eigenvalue weighted by atomic mass is 35.5. The fourth-order valence-corrected chi connectivity index (χ4v) is 6.68. The van der Waals surface area contributed by atoms with Gasteiger partial charge in [-0.25, -0.2) is 8.42 Å². The van der Waals surface area contributed by atoms with E-state index in [1.54, 1.807) is 6.92 Å². The van der Waals surface area contributed by atoms with Gasteiger partial charge >= 0.3 is 17.8 Å². The van der Waals surface area contributed by atoms with Crippen LogP contribution in [-0.2, 0) is 25.4 Å². The van der Waals surface area contributed by atoms with Crippen molar-refractivity contribution in [1.82, 2.24) is 5.16 Å². The third-order valence-electron chi connectivity index (χ3n) is 7.47. The monoisotopic (exact) mass is 867 g/mol. The molecule has 1 saturated carbocycles. The molecule has 15 nitrogen and oxygen atoms in total. The Labute approximate surface area is 328 Å². The number of nitrogens with zero attached hydrogens (tertiary/aromatic N) is 2. The summed E-state index contributed by atoms with van der Waals surface area (Å²) >= 11 is 11.6. The van der Waals surface area contributed by atoms with Gasteiger partial charge in [0.25, 0.3) is 0 Å². The molecule has 3 aromatic carbocycles. The minimum absolute atomic E-state index is 0.0111. The first-order valence-corrected chi connectivity index (χ1v) is 21.1. The Morgan fingerprint density at radius 3 is 2.29 bits per heavy atom. The number of benzene rings is 3. The maximum absolute atomic E-state index is 12.6. The van der Waals surface area contributed by atoms with Crippen LogP contribution in [-0.4, -0.2) is 72.0 Å². The Bertz CT molecular complexity index is 2230. The Morgan fingerprint density at radius 2 is 1.77 bits per heavy atom. The molecule has 4 N–H and O–H groups in total. The Morgan fingerprint density at radius 1 is 1.11 bits per heavy atom. The molecule has 1 aliphatic rings. The molecule has 1 aliphatic carbocycles. The number of aliphatic carboxylic acids is 1. The largest absolute Gasteiger partial charge is 0.487 e. The van der Waals surface area contributed by atoms with Gasteiger partial charge in [-0.2, -0.15) is 13.2 Å². The van der Waals surface area contributed by atoms with Crippen molar-refractivity contribution in [1.29, 1.82) is 0 Å². The second-order valence-electron chi connectivity index (χ2n) is 12.2. The van der Waals surface area contributed by atoms with Crippen molar-refractivity contribution in [2.75, 3.05) is 25.7 Å². The summed E-state index contributed by atoms with van der Waals surface area (Å²) in [7, 11) is -6.67. The number of nitrogens with two attached hydrogens (primary N) is 1. The van der Waals surface area contributed by atoms with Crippen molar-refractivity contribution < 1.29 is 64.7 Å². The zero-order valence-corrected chi connectivity index (χ0v) is 32.9. The van der Waals surface area contributed by atoms with Crippen LogP contribution < -0.4 is 15.2 Å². The molecular weight excluding hydrogens is 833 g/mol. The molecule has 0 amide bonds. The maximum Gasteiger partial charge on any atom is 0.416 e. The summed E-state index contributed by atoms with van der Waals surface area (Å²) in [5.74, 6) is -0.682. The number of carbonyl (C=O) groups excluding carboxylic acids is 1. The highest BCUT2D eigenvalue weighted by molar-refractivity contribution is 7.90. The van der Waals surface area contributed by atoms with Crippen LogP contribution in [0.5, 0.6) is 17.2 Å². The third kappa shape index (κ3) is 13.6. The molecule has 0 spiro atoms. The predicted octanol–water partition coefficient (Wildman–Crippen LogP) is 7.99. The first-order valence-electron chi connectivity index (χ1n) is 16.1. The van der Waals surface area contributed by atoms with E-state index in [1.807, 2.05) is 0 Å². The molecule has 0 bridgehead atoms. The molecule has 22 heteroatoms. The topological polar surface area (TPSA) is 239 Å². The Hall–Kier alpha value is -4.52. The van der Waals surface area contributed by atoms with Gasteiger partial charge in [-0.05, 0) is 68.7 Å². The number of nitro benzene ring substituents is 1. The van der Waals surface area contributed by atoms with Gasteiger partial charge < -0.3 is 29.7 Å². The minimum atomic E-state index is -4.52. The van der Waals surface area contributed by atoms with Crippen molar-refractivity contribution in [2.24, 2.45) is 5.73 Å². The van der Waals surface area contributed by atoms with Crippen LogP contribution in [0.2, 0.25) is 10.0 Å². The molecule has 2 atom stereocenters. The summed E-state index contributed by atoms with van der Waals surface area (Å²) < 4.78 is 87.9. The van der Waals surface area contributed by atoms with Crippen molar-refractivity contribution in [2.45, 2.75) is 49.2 Å². The van der Waals surface area contributed by atoms with Gasteiger partial charge in [0.05, 0.1) is 38.8 Å². The van der Waals surface area contributed by atoms with Gasteiger partial charge in [0, 0.05) is 47.7 Å². The van der Waals surface area contributed by atoms with E-state index in [2.05, 4.69) is 5.16 Å². The highest BCUT2D eigenvalue weighted by Crippen LogP contribution is 2.42. The number of nitro groups is 1. The average Bonchev–Trinajstić information content (AvgIpc) is 3.82. The number of hydrogen-bond acceptors (Lipinski definition) is 12. The average molecular weight is 869 g/mol. The molecule has 304 valence electrons. The molecule has 1 aromatic heterocycles. The first kappa shape index (κ1) is 45.9. The first-order chi connectivity index (χ1) is 25.9. The number of halogens is 5. The normalized spacial score (nSPS) is 14.2. The maximum atomic E-state index is 12.6. The molecule has 56 heavy (non-hydrogen) atoms. The van der Waals surface area contributed by atoms with Crippen molar-refractivity contribution in [3.63, 3.8) is 0 Å². The van der Waals surface area contributed by atoms with Crippen LogP contribution in [0.1, 0.15) is 59.3 Å². The molecule has 0 saturated heterocycles. The number of aromatic nitrogens is 1. The van der Waals surface area contributed by atoms with Crippen LogP contribution in [0, 0.1) is 10.1 Å². The van der Waals surface area contributed by atoms with Gasteiger partial charge in [0.2, 0.25) is 5.75 Å². The smallest absolute Gasteiger partial charge is 0.416 e. The number of rotatable bonds is 13. The second kappa shape index (κ2) is 19.1. The summed E-state index contributed by atoms with van der Waals surface area (Å²) in [6.45, 7) is 3.04. The number of ether oxygens (including phenoxy) is 2. The molecule has 2 unspecified atom stereocenters. The van der Waals surface area contributed by atoms with E-state index in [1.165, 1.54) is 49.3 Å². The van der Waals surface area contributed by atoms with Gasteiger partial charge in [0.1, 0.15) is 17.5 Å². The van der Waals surface area contributed by atoms with Crippen LogP contribution >= 0.6 is 30.6 Å². The van der Waals surface area contributed by atoms with E-state index in [0.717, 1.165) is 37.3 Å². The SMILES string of the molecule is CCOc1cc(Oc2ccc(C(F)(F)F)cc2Cl)ccc1[N+](=O)[O-].CP(=O)(O)CCC(N)C(=O)O.CS(=O)(=O)c1cc(Cl)ccc1C(=O)c1cnoc1C1CC1. The lowest BCUT2D eigenvalue weighted by molar-refractivity contribution is -0.385. The fraction of sp³-hybridized carbons (Fsp3) is 0.324. The fourth-order valence-electron chi connectivity index (χ4n) is 4.56. The molecule has 5 rings (SSSR count). The van der Waals surface area contributed by atoms with Crippen LogP contribution in [0.4, 0.5) is 18.9 Å². The van der Waals surface area contributed by atoms with Gasteiger partial charge in [-0.3, -0.25) is 24.3 Å². The van der Waals surface area contributed by atoms with Crippen molar-refractivity contribution in [3.05, 3.63) is 103 Å². The van der Waals surface area contributed by atoms with Gasteiger partial charge in [-0.1, -0.05) is 28.4 Å². The predicted molar refractivity (Wildman–Crippen MR) is 198 cm³/mol. The quantitative estimate of drug-likeness (QED) is 0.0500. The van der Waals surface area contributed by atoms with Crippen LogP contribution in [0.15, 0.2) is 70.2 Å². The molecule has 0 aliphatic heterocycles. The summed E-state index contributed by atoms with van der Waals surface area (Å²) in [6, 6.07) is 9.57. The van der Waals surface area contributed by atoms with E-state index in [9.17, 15) is 45.9 Å². The van der Waals surface area contributed by atoms with Crippen LogP contribution in [0.3, 0.4) is 0 Å². The summed E-state index contributed by atoms with van der Waals surface area (Å²) in [5.41, 5.74) is 4.35. The molecule has 0 radical (unpaired) electrons. The lowest BCUT2D eigenvalue weighted by Crippen LogP contribution is -2.30. The Kier molecular flexibility index (Phi) is 15.6. The van der Waals surface area contributed by atoms with Crippen molar-refractivity contribution in [3.8, 4) is 17.2 Å². The van der Waals surface area contributed by atoms with E-state index in [-0.39, 0.29) is 68.5 Å². The molecule has 1 heterocycles. The number of carboxylic acid groups (broad SMARTS) is 1. The number of hydrogen-bond donors (Lipinski definition) is 3. The Balaban J connectivity index is 0.000000241. The standard InChI is InChI=1S/C15H11ClF3NO4.C14H12ClNO4S.C5H12NO4P/c1-2-23-14-8-10(4-5-12(14)20(21)22)24-13-6-3-9(7-11(13)16)15(17,18)19;1-21(18,19)12-6-9(15)4-5-10(12)13(17)11-7-16-20-14(11)8-2-3-8;1-11(9,10)3-2-4(6)5(7)8/h3-8H,2H2,1H3;4-8H,2-3H2,1H3;4H,2-3,6H2,1H3,(H,7,8)(H,9,10). The molecule has 4 aromatic rings. The van der Waals surface area contributed by atoms with E-state index in [4.69, 9.17) is 52.9 Å². The van der Waals surface area contributed by atoms with E-state index in [0.29, 0.717) is 11.3 Å². The summed E-state index contributed by atoms with van der Waals surface area (Å²) in [5, 5.41) is 22.9. The molecular formula is C34H35Cl2F3N3O12PS. The van der Waals surface area contributed by atoms with Gasteiger partial charge in [-0.15, -0.1) is 0 Å².